The first kappa shape index (κ1) is 13.6. The maximum atomic E-state index is 9.03. The molecule has 0 amide bonds. The van der Waals surface area contributed by atoms with Crippen LogP contribution in [-0.4, -0.2) is 27.9 Å². The van der Waals surface area contributed by atoms with E-state index < -0.39 is 0 Å². The molecule has 2 rings (SSSR count). The van der Waals surface area contributed by atoms with Crippen LogP contribution in [0.15, 0.2) is 35.5 Å². The molecule has 0 fully saturated rings. The van der Waals surface area contributed by atoms with Gasteiger partial charge >= 0.3 is 0 Å². The number of nitrogens with zero attached hydrogens (tertiary/aromatic N) is 2. The quantitative estimate of drug-likeness (QED) is 0.643. The summed E-state index contributed by atoms with van der Waals surface area (Å²) in [7, 11) is 0. The number of ether oxygens (including phenoxy) is 1. The third-order valence-corrected chi connectivity index (χ3v) is 3.00. The average Bonchev–Trinajstić information content (AvgIpc) is 2.40. The lowest BCUT2D eigenvalue weighted by molar-refractivity contribution is 0.297. The Kier molecular flexibility index (Phi) is 4.59. The van der Waals surface area contributed by atoms with Crippen LogP contribution in [0.1, 0.15) is 5.56 Å². The van der Waals surface area contributed by atoms with Crippen LogP contribution < -0.4 is 10.5 Å². The number of aromatic nitrogens is 2. The predicted molar refractivity (Wildman–Crippen MR) is 75.5 cm³/mol. The summed E-state index contributed by atoms with van der Waals surface area (Å²) in [6, 6.07) is 9.10. The van der Waals surface area contributed by atoms with E-state index in [-0.39, 0.29) is 6.61 Å². The fourth-order valence-corrected chi connectivity index (χ4v) is 1.99. The van der Waals surface area contributed by atoms with Crippen molar-refractivity contribution in [3.05, 3.63) is 35.9 Å². The largest absolute Gasteiger partial charge is 0.439 e. The Hall–Kier alpha value is -1.79. The molecule has 0 saturated carbocycles. The first-order chi connectivity index (χ1) is 9.22. The summed E-state index contributed by atoms with van der Waals surface area (Å²) in [4.78, 5) is 8.30. The third-order valence-electron chi connectivity index (χ3n) is 2.45. The van der Waals surface area contributed by atoms with Gasteiger partial charge in [-0.15, -0.1) is 0 Å². The van der Waals surface area contributed by atoms with E-state index in [1.54, 1.807) is 6.07 Å². The Morgan fingerprint density at radius 3 is 2.84 bits per heavy atom. The van der Waals surface area contributed by atoms with Crippen molar-refractivity contribution in [3.8, 4) is 11.6 Å². The summed E-state index contributed by atoms with van der Waals surface area (Å²) in [5, 5.41) is 9.60. The molecule has 0 unspecified atom stereocenters. The SMILES string of the molecule is CSc1nc(N)cc(Oc2ccccc2CCO)n1. The van der Waals surface area contributed by atoms with Gasteiger partial charge < -0.3 is 15.6 Å². The van der Waals surface area contributed by atoms with E-state index in [9.17, 15) is 0 Å². The zero-order valence-electron chi connectivity index (χ0n) is 10.5. The number of thioether (sulfide) groups is 1. The van der Waals surface area contributed by atoms with E-state index in [2.05, 4.69) is 9.97 Å². The van der Waals surface area contributed by atoms with Crippen molar-refractivity contribution < 1.29 is 9.84 Å². The first-order valence-corrected chi connectivity index (χ1v) is 7.00. The number of aliphatic hydroxyl groups excluding tert-OH is 1. The van der Waals surface area contributed by atoms with Gasteiger partial charge in [0.25, 0.3) is 0 Å². The van der Waals surface area contributed by atoms with Gasteiger partial charge in [0.2, 0.25) is 5.88 Å². The van der Waals surface area contributed by atoms with E-state index in [1.165, 1.54) is 11.8 Å². The van der Waals surface area contributed by atoms with Crippen molar-refractivity contribution in [1.82, 2.24) is 9.97 Å². The van der Waals surface area contributed by atoms with Crippen LogP contribution in [0.2, 0.25) is 0 Å². The highest BCUT2D eigenvalue weighted by molar-refractivity contribution is 7.98. The molecule has 0 aliphatic carbocycles. The van der Waals surface area contributed by atoms with Gasteiger partial charge in [-0.05, 0) is 24.3 Å². The van der Waals surface area contributed by atoms with Crippen molar-refractivity contribution >= 4 is 17.6 Å². The van der Waals surface area contributed by atoms with Gasteiger partial charge in [-0.2, -0.15) is 4.98 Å². The van der Waals surface area contributed by atoms with E-state index in [0.29, 0.717) is 29.0 Å². The van der Waals surface area contributed by atoms with E-state index in [1.807, 2.05) is 30.5 Å². The van der Waals surface area contributed by atoms with E-state index >= 15 is 0 Å². The molecule has 0 spiro atoms. The highest BCUT2D eigenvalue weighted by Crippen LogP contribution is 2.26. The van der Waals surface area contributed by atoms with Gasteiger partial charge in [-0.25, -0.2) is 4.98 Å². The predicted octanol–water partition coefficient (Wildman–Crippen LogP) is 2.11. The summed E-state index contributed by atoms with van der Waals surface area (Å²) >= 11 is 1.40. The number of nitrogen functional groups attached to an aromatic ring is 1. The van der Waals surface area contributed by atoms with Crippen LogP contribution in [0.25, 0.3) is 0 Å². The third kappa shape index (κ3) is 3.59. The molecular weight excluding hydrogens is 262 g/mol. The Morgan fingerprint density at radius 1 is 1.32 bits per heavy atom. The standard InChI is InChI=1S/C13H15N3O2S/c1-19-13-15-11(14)8-12(16-13)18-10-5-3-2-4-9(10)6-7-17/h2-5,8,17H,6-7H2,1H3,(H2,14,15,16). The molecule has 19 heavy (non-hydrogen) atoms. The average molecular weight is 277 g/mol. The Morgan fingerprint density at radius 2 is 2.11 bits per heavy atom. The first-order valence-electron chi connectivity index (χ1n) is 5.78. The smallest absolute Gasteiger partial charge is 0.225 e. The molecule has 0 aliphatic heterocycles. The van der Waals surface area contributed by atoms with Gasteiger partial charge in [0.1, 0.15) is 11.6 Å². The number of anilines is 1. The molecule has 5 nitrogen and oxygen atoms in total. The van der Waals surface area contributed by atoms with Crippen molar-refractivity contribution in [3.63, 3.8) is 0 Å². The maximum Gasteiger partial charge on any atom is 0.225 e. The van der Waals surface area contributed by atoms with Gasteiger partial charge in [0.05, 0.1) is 0 Å². The van der Waals surface area contributed by atoms with Crippen LogP contribution in [0.5, 0.6) is 11.6 Å². The highest BCUT2D eigenvalue weighted by Gasteiger charge is 2.07. The minimum atomic E-state index is 0.0718. The lowest BCUT2D eigenvalue weighted by atomic mass is 10.1. The molecule has 0 bridgehead atoms. The molecule has 1 heterocycles. The second-order valence-corrected chi connectivity index (χ2v) is 4.57. The van der Waals surface area contributed by atoms with E-state index in [0.717, 1.165) is 5.56 Å². The summed E-state index contributed by atoms with van der Waals surface area (Å²) in [5.41, 5.74) is 6.62. The fourth-order valence-electron chi connectivity index (χ4n) is 1.61. The van der Waals surface area contributed by atoms with Crippen LogP contribution in [-0.2, 0) is 6.42 Å². The molecule has 1 aromatic heterocycles. The summed E-state index contributed by atoms with van der Waals surface area (Å²) in [6.45, 7) is 0.0718. The zero-order valence-corrected chi connectivity index (χ0v) is 11.4. The van der Waals surface area contributed by atoms with Crippen molar-refractivity contribution in [2.75, 3.05) is 18.6 Å². The monoisotopic (exact) mass is 277 g/mol. The summed E-state index contributed by atoms with van der Waals surface area (Å²) in [5.74, 6) is 1.44. The number of benzene rings is 1. The molecule has 0 radical (unpaired) electrons. The molecule has 100 valence electrons. The minimum absolute atomic E-state index is 0.0718. The number of hydrogen-bond acceptors (Lipinski definition) is 6. The van der Waals surface area contributed by atoms with Crippen molar-refractivity contribution in [2.45, 2.75) is 11.6 Å². The summed E-state index contributed by atoms with van der Waals surface area (Å²) in [6.07, 6.45) is 2.41. The number of hydrogen-bond donors (Lipinski definition) is 2. The fraction of sp³-hybridized carbons (Fsp3) is 0.231. The minimum Gasteiger partial charge on any atom is -0.439 e. The number of aliphatic hydroxyl groups is 1. The molecular formula is C13H15N3O2S. The van der Waals surface area contributed by atoms with Gasteiger partial charge in [0.15, 0.2) is 5.16 Å². The van der Waals surface area contributed by atoms with Gasteiger partial charge in [0, 0.05) is 12.7 Å². The van der Waals surface area contributed by atoms with Crippen LogP contribution in [0.3, 0.4) is 0 Å². The maximum absolute atomic E-state index is 9.03. The van der Waals surface area contributed by atoms with Crippen molar-refractivity contribution in [1.29, 1.82) is 0 Å². The lowest BCUT2D eigenvalue weighted by Gasteiger charge is -2.10. The second-order valence-electron chi connectivity index (χ2n) is 3.80. The number of rotatable bonds is 5. The molecule has 0 saturated heterocycles. The Labute approximate surface area is 115 Å². The number of para-hydroxylation sites is 1. The number of nitrogens with two attached hydrogens (primary N) is 1. The highest BCUT2D eigenvalue weighted by atomic mass is 32.2. The Balaban J connectivity index is 2.28. The van der Waals surface area contributed by atoms with Gasteiger partial charge in [-0.3, -0.25) is 0 Å². The normalized spacial score (nSPS) is 10.4. The molecule has 2 aromatic rings. The summed E-state index contributed by atoms with van der Waals surface area (Å²) < 4.78 is 5.73. The molecule has 1 aromatic carbocycles. The molecule has 6 heteroatoms. The Bertz CT molecular complexity index is 563. The lowest BCUT2D eigenvalue weighted by Crippen LogP contribution is -1.99. The van der Waals surface area contributed by atoms with Crippen LogP contribution in [0, 0.1) is 0 Å². The van der Waals surface area contributed by atoms with E-state index in [4.69, 9.17) is 15.6 Å². The van der Waals surface area contributed by atoms with Crippen LogP contribution >= 0.6 is 11.8 Å². The van der Waals surface area contributed by atoms with Crippen LogP contribution in [0.4, 0.5) is 5.82 Å². The zero-order chi connectivity index (χ0) is 13.7. The topological polar surface area (TPSA) is 81.3 Å². The second kappa shape index (κ2) is 6.40. The molecule has 0 aliphatic rings. The van der Waals surface area contributed by atoms with Gasteiger partial charge in [-0.1, -0.05) is 30.0 Å². The molecule has 3 N–H and O–H groups in total. The van der Waals surface area contributed by atoms with Crippen molar-refractivity contribution in [2.24, 2.45) is 0 Å². The molecule has 0 atom stereocenters.